The standard InChI is InChI=1S/C17H30N/c1-3-5-7-8-10-14-18-15-12-17(13-16-18)11-9-6-4-2/h12-13,15-16H,3-11,14H2,1-2H3/q+1. The van der Waals surface area contributed by atoms with Gasteiger partial charge in [0.25, 0.3) is 0 Å². The third-order valence-electron chi connectivity index (χ3n) is 3.55. The summed E-state index contributed by atoms with van der Waals surface area (Å²) in [6.07, 6.45) is 16.5. The minimum atomic E-state index is 1.18. The van der Waals surface area contributed by atoms with Gasteiger partial charge in [0.2, 0.25) is 0 Å². The van der Waals surface area contributed by atoms with Crippen LogP contribution in [0.15, 0.2) is 24.5 Å². The first kappa shape index (κ1) is 15.2. The highest BCUT2D eigenvalue weighted by atomic mass is 14.9. The molecule has 102 valence electrons. The van der Waals surface area contributed by atoms with Crippen LogP contribution in [0.1, 0.15) is 70.8 Å². The normalized spacial score (nSPS) is 10.8. The SMILES string of the molecule is CCCCCCC[n+]1ccc(CCCCC)cc1. The summed E-state index contributed by atoms with van der Waals surface area (Å²) in [7, 11) is 0. The van der Waals surface area contributed by atoms with Crippen molar-refractivity contribution in [1.29, 1.82) is 0 Å². The highest BCUT2D eigenvalue weighted by molar-refractivity contribution is 5.07. The lowest BCUT2D eigenvalue weighted by atomic mass is 10.1. The average molecular weight is 248 g/mol. The van der Waals surface area contributed by atoms with Gasteiger partial charge in [0.05, 0.1) is 0 Å². The lowest BCUT2D eigenvalue weighted by molar-refractivity contribution is -0.697. The molecule has 0 radical (unpaired) electrons. The number of unbranched alkanes of at least 4 members (excludes halogenated alkanes) is 6. The molecule has 1 rings (SSSR count). The number of hydrogen-bond acceptors (Lipinski definition) is 0. The Kier molecular flexibility index (Phi) is 8.54. The fraction of sp³-hybridized carbons (Fsp3) is 0.706. The predicted octanol–water partition coefficient (Wildman–Crippen LogP) is 4.68. The molecule has 1 aromatic heterocycles. The lowest BCUT2D eigenvalue weighted by Gasteiger charge is -2.01. The Morgan fingerprint density at radius 2 is 1.39 bits per heavy atom. The summed E-state index contributed by atoms with van der Waals surface area (Å²) in [5, 5.41) is 0. The van der Waals surface area contributed by atoms with Crippen molar-refractivity contribution in [3.05, 3.63) is 30.1 Å². The van der Waals surface area contributed by atoms with Crippen molar-refractivity contribution in [3.8, 4) is 0 Å². The summed E-state index contributed by atoms with van der Waals surface area (Å²) in [5.41, 5.74) is 1.49. The average Bonchev–Trinajstić information content (AvgIpc) is 2.40. The molecule has 1 aromatic rings. The number of rotatable bonds is 10. The first-order valence-electron chi connectivity index (χ1n) is 7.84. The van der Waals surface area contributed by atoms with Crippen molar-refractivity contribution < 1.29 is 4.57 Å². The third kappa shape index (κ3) is 6.78. The van der Waals surface area contributed by atoms with E-state index in [0.717, 1.165) is 0 Å². The maximum Gasteiger partial charge on any atom is 0.169 e. The van der Waals surface area contributed by atoms with Gasteiger partial charge in [0.1, 0.15) is 6.54 Å². The summed E-state index contributed by atoms with van der Waals surface area (Å²) in [6.45, 7) is 5.71. The molecular formula is C17H30N+. The molecule has 0 aliphatic rings. The Balaban J connectivity index is 2.19. The molecule has 0 aliphatic heterocycles. The number of nitrogens with zero attached hydrogens (tertiary/aromatic N) is 1. The molecule has 0 atom stereocenters. The molecule has 0 fully saturated rings. The van der Waals surface area contributed by atoms with Crippen LogP contribution in [0.25, 0.3) is 0 Å². The minimum absolute atomic E-state index is 1.18. The highest BCUT2D eigenvalue weighted by Gasteiger charge is 2.00. The van der Waals surface area contributed by atoms with Gasteiger partial charge in [-0.15, -0.1) is 0 Å². The van der Waals surface area contributed by atoms with E-state index < -0.39 is 0 Å². The van der Waals surface area contributed by atoms with Gasteiger partial charge in [-0.05, 0) is 24.8 Å². The smallest absolute Gasteiger partial charge is 0.169 e. The van der Waals surface area contributed by atoms with Crippen molar-refractivity contribution in [2.24, 2.45) is 0 Å². The Morgan fingerprint density at radius 1 is 0.778 bits per heavy atom. The topological polar surface area (TPSA) is 3.88 Å². The highest BCUT2D eigenvalue weighted by Crippen LogP contribution is 2.05. The molecule has 0 aliphatic carbocycles. The molecular weight excluding hydrogens is 218 g/mol. The van der Waals surface area contributed by atoms with Crippen LogP contribution in [0.4, 0.5) is 0 Å². The molecule has 1 nitrogen and oxygen atoms in total. The zero-order valence-electron chi connectivity index (χ0n) is 12.3. The van der Waals surface area contributed by atoms with Crippen LogP contribution in [0.3, 0.4) is 0 Å². The van der Waals surface area contributed by atoms with E-state index >= 15 is 0 Å². The second kappa shape index (κ2) is 10.1. The first-order chi connectivity index (χ1) is 8.86. The Bertz CT molecular complexity index is 289. The lowest BCUT2D eigenvalue weighted by Crippen LogP contribution is -2.32. The minimum Gasteiger partial charge on any atom is -0.205 e. The van der Waals surface area contributed by atoms with Crippen LogP contribution < -0.4 is 4.57 Å². The van der Waals surface area contributed by atoms with Crippen molar-refractivity contribution >= 4 is 0 Å². The monoisotopic (exact) mass is 248 g/mol. The van der Waals surface area contributed by atoms with Crippen LogP contribution in [0, 0.1) is 0 Å². The quantitative estimate of drug-likeness (QED) is 0.418. The van der Waals surface area contributed by atoms with Crippen molar-refractivity contribution in [1.82, 2.24) is 0 Å². The molecule has 1 heterocycles. The molecule has 0 saturated carbocycles. The van der Waals surface area contributed by atoms with Crippen LogP contribution in [-0.4, -0.2) is 0 Å². The van der Waals surface area contributed by atoms with Crippen LogP contribution in [-0.2, 0) is 13.0 Å². The zero-order valence-corrected chi connectivity index (χ0v) is 12.3. The van der Waals surface area contributed by atoms with Crippen molar-refractivity contribution in [3.63, 3.8) is 0 Å². The largest absolute Gasteiger partial charge is 0.205 e. The molecule has 0 aromatic carbocycles. The van der Waals surface area contributed by atoms with E-state index in [0.29, 0.717) is 0 Å². The maximum atomic E-state index is 2.33. The molecule has 1 heteroatoms. The van der Waals surface area contributed by atoms with E-state index in [4.69, 9.17) is 0 Å². The van der Waals surface area contributed by atoms with E-state index in [1.807, 2.05) is 0 Å². The van der Waals surface area contributed by atoms with Gasteiger partial charge in [-0.1, -0.05) is 46.0 Å². The number of hydrogen-bond donors (Lipinski definition) is 0. The van der Waals surface area contributed by atoms with Crippen molar-refractivity contribution in [2.75, 3.05) is 0 Å². The van der Waals surface area contributed by atoms with E-state index in [2.05, 4.69) is 42.9 Å². The molecule has 0 N–H and O–H groups in total. The van der Waals surface area contributed by atoms with Gasteiger partial charge in [0.15, 0.2) is 12.4 Å². The van der Waals surface area contributed by atoms with E-state index in [1.54, 1.807) is 0 Å². The maximum absolute atomic E-state index is 2.33. The van der Waals surface area contributed by atoms with Gasteiger partial charge in [-0.25, -0.2) is 4.57 Å². The molecule has 18 heavy (non-hydrogen) atoms. The predicted molar refractivity (Wildman–Crippen MR) is 78.6 cm³/mol. The van der Waals surface area contributed by atoms with E-state index in [1.165, 1.54) is 69.9 Å². The van der Waals surface area contributed by atoms with E-state index in [9.17, 15) is 0 Å². The van der Waals surface area contributed by atoms with Gasteiger partial charge in [-0.3, -0.25) is 0 Å². The Hall–Kier alpha value is -0.850. The molecule has 0 amide bonds. The summed E-state index contributed by atoms with van der Waals surface area (Å²) < 4.78 is 2.33. The Morgan fingerprint density at radius 3 is 2.06 bits per heavy atom. The fourth-order valence-electron chi connectivity index (χ4n) is 2.28. The summed E-state index contributed by atoms with van der Waals surface area (Å²) >= 11 is 0. The van der Waals surface area contributed by atoms with Gasteiger partial charge in [0, 0.05) is 18.6 Å². The van der Waals surface area contributed by atoms with Crippen LogP contribution in [0.5, 0.6) is 0 Å². The number of aryl methyl sites for hydroxylation is 2. The van der Waals surface area contributed by atoms with Crippen molar-refractivity contribution in [2.45, 2.75) is 78.2 Å². The molecule has 0 unspecified atom stereocenters. The van der Waals surface area contributed by atoms with Gasteiger partial charge >= 0.3 is 0 Å². The fourth-order valence-corrected chi connectivity index (χ4v) is 2.28. The summed E-state index contributed by atoms with van der Waals surface area (Å²) in [4.78, 5) is 0. The molecule has 0 spiro atoms. The zero-order chi connectivity index (χ0) is 13.1. The summed E-state index contributed by atoms with van der Waals surface area (Å²) in [5.74, 6) is 0. The first-order valence-corrected chi connectivity index (χ1v) is 7.84. The Labute approximate surface area is 113 Å². The van der Waals surface area contributed by atoms with Gasteiger partial charge in [-0.2, -0.15) is 0 Å². The molecule has 0 saturated heterocycles. The second-order valence-electron chi connectivity index (χ2n) is 5.32. The van der Waals surface area contributed by atoms with Gasteiger partial charge < -0.3 is 0 Å². The van der Waals surface area contributed by atoms with E-state index in [-0.39, 0.29) is 0 Å². The number of aromatic nitrogens is 1. The van der Waals surface area contributed by atoms with Crippen LogP contribution in [0.2, 0.25) is 0 Å². The summed E-state index contributed by atoms with van der Waals surface area (Å²) in [6, 6.07) is 4.59. The number of pyridine rings is 1. The molecule has 0 bridgehead atoms. The third-order valence-corrected chi connectivity index (χ3v) is 3.55. The van der Waals surface area contributed by atoms with Crippen LogP contribution >= 0.6 is 0 Å². The second-order valence-corrected chi connectivity index (χ2v) is 5.32.